The fourth-order valence-corrected chi connectivity index (χ4v) is 1.90. The molecule has 0 aromatic rings. The SMILES string of the molecule is C=C[C@H](C)C1CCN(C(=O)OC(C)(C)C)C1. The van der Waals surface area contributed by atoms with Crippen LogP contribution in [0, 0.1) is 11.8 Å². The van der Waals surface area contributed by atoms with E-state index in [0.717, 1.165) is 19.5 Å². The molecule has 0 spiro atoms. The molecule has 3 heteroatoms. The fourth-order valence-electron chi connectivity index (χ4n) is 1.90. The highest BCUT2D eigenvalue weighted by molar-refractivity contribution is 5.68. The average molecular weight is 225 g/mol. The van der Waals surface area contributed by atoms with Gasteiger partial charge in [-0.3, -0.25) is 0 Å². The molecule has 3 nitrogen and oxygen atoms in total. The summed E-state index contributed by atoms with van der Waals surface area (Å²) in [5.41, 5.74) is -0.404. The minimum absolute atomic E-state index is 0.189. The van der Waals surface area contributed by atoms with E-state index in [1.807, 2.05) is 26.8 Å². The number of carbonyl (C=O) groups excluding carboxylic acids is 1. The molecule has 1 rings (SSSR count). The largest absolute Gasteiger partial charge is 0.444 e. The normalized spacial score (nSPS) is 23.0. The van der Waals surface area contributed by atoms with Crippen molar-refractivity contribution in [2.24, 2.45) is 11.8 Å². The maximum Gasteiger partial charge on any atom is 0.410 e. The van der Waals surface area contributed by atoms with Gasteiger partial charge in [0.1, 0.15) is 5.60 Å². The molecule has 1 saturated heterocycles. The molecular weight excluding hydrogens is 202 g/mol. The van der Waals surface area contributed by atoms with Crippen molar-refractivity contribution in [2.75, 3.05) is 13.1 Å². The van der Waals surface area contributed by atoms with E-state index in [9.17, 15) is 4.79 Å². The van der Waals surface area contributed by atoms with Crippen molar-refractivity contribution in [3.05, 3.63) is 12.7 Å². The molecule has 0 saturated carbocycles. The van der Waals surface area contributed by atoms with Crippen LogP contribution < -0.4 is 0 Å². The summed E-state index contributed by atoms with van der Waals surface area (Å²) >= 11 is 0. The summed E-state index contributed by atoms with van der Waals surface area (Å²) in [5, 5.41) is 0. The van der Waals surface area contributed by atoms with Crippen LogP contribution in [0.25, 0.3) is 0 Å². The first kappa shape index (κ1) is 13.1. The number of hydrogen-bond acceptors (Lipinski definition) is 2. The second-order valence-electron chi connectivity index (χ2n) is 5.57. The zero-order valence-electron chi connectivity index (χ0n) is 10.8. The third kappa shape index (κ3) is 3.54. The monoisotopic (exact) mass is 225 g/mol. The van der Waals surface area contributed by atoms with Crippen LogP contribution in [0.15, 0.2) is 12.7 Å². The lowest BCUT2D eigenvalue weighted by molar-refractivity contribution is 0.0286. The van der Waals surface area contributed by atoms with Crippen molar-refractivity contribution in [3.8, 4) is 0 Å². The number of likely N-dealkylation sites (tertiary alicyclic amines) is 1. The summed E-state index contributed by atoms with van der Waals surface area (Å²) in [6.45, 7) is 13.2. The lowest BCUT2D eigenvalue weighted by Crippen LogP contribution is -2.35. The highest BCUT2D eigenvalue weighted by Gasteiger charge is 2.31. The van der Waals surface area contributed by atoms with E-state index in [1.54, 1.807) is 4.90 Å². The van der Waals surface area contributed by atoms with Crippen LogP contribution in [0.2, 0.25) is 0 Å². The van der Waals surface area contributed by atoms with Gasteiger partial charge in [-0.1, -0.05) is 13.0 Å². The van der Waals surface area contributed by atoms with Crippen molar-refractivity contribution in [3.63, 3.8) is 0 Å². The Bertz CT molecular complexity index is 268. The predicted molar refractivity (Wildman–Crippen MR) is 65.3 cm³/mol. The van der Waals surface area contributed by atoms with Crippen LogP contribution in [0.1, 0.15) is 34.1 Å². The topological polar surface area (TPSA) is 29.5 Å². The molecular formula is C13H23NO2. The summed E-state index contributed by atoms with van der Waals surface area (Å²) in [6.07, 6.45) is 2.82. The summed E-state index contributed by atoms with van der Waals surface area (Å²) in [4.78, 5) is 13.6. The summed E-state index contributed by atoms with van der Waals surface area (Å²) < 4.78 is 5.34. The molecule has 0 aromatic carbocycles. The van der Waals surface area contributed by atoms with Gasteiger partial charge in [-0.05, 0) is 39.0 Å². The van der Waals surface area contributed by atoms with Gasteiger partial charge in [0.25, 0.3) is 0 Å². The fraction of sp³-hybridized carbons (Fsp3) is 0.769. The number of amides is 1. The zero-order valence-corrected chi connectivity index (χ0v) is 10.8. The van der Waals surface area contributed by atoms with Crippen LogP contribution in [-0.4, -0.2) is 29.7 Å². The summed E-state index contributed by atoms with van der Waals surface area (Å²) in [7, 11) is 0. The van der Waals surface area contributed by atoms with E-state index < -0.39 is 5.60 Å². The minimum Gasteiger partial charge on any atom is -0.444 e. The number of carbonyl (C=O) groups is 1. The maximum absolute atomic E-state index is 11.8. The number of ether oxygens (including phenoxy) is 1. The standard InChI is InChI=1S/C13H23NO2/c1-6-10(2)11-7-8-14(9-11)12(15)16-13(3,4)5/h6,10-11H,1,7-9H2,2-5H3/t10-,11?/m0/s1. The molecule has 1 heterocycles. The molecule has 0 radical (unpaired) electrons. The number of allylic oxidation sites excluding steroid dienone is 1. The summed E-state index contributed by atoms with van der Waals surface area (Å²) in [5.74, 6) is 0.998. The van der Waals surface area contributed by atoms with Gasteiger partial charge >= 0.3 is 6.09 Å². The highest BCUT2D eigenvalue weighted by atomic mass is 16.6. The first-order valence-electron chi connectivity index (χ1n) is 5.94. The van der Waals surface area contributed by atoms with E-state index in [2.05, 4.69) is 13.5 Å². The van der Waals surface area contributed by atoms with Crippen LogP contribution in [0.4, 0.5) is 4.79 Å². The van der Waals surface area contributed by atoms with E-state index >= 15 is 0 Å². The third-order valence-electron chi connectivity index (χ3n) is 2.99. The van der Waals surface area contributed by atoms with Gasteiger partial charge in [0.15, 0.2) is 0 Å². The Balaban J connectivity index is 2.47. The van der Waals surface area contributed by atoms with Crippen molar-refractivity contribution in [1.29, 1.82) is 0 Å². The molecule has 0 N–H and O–H groups in total. The number of rotatable bonds is 2. The smallest absolute Gasteiger partial charge is 0.410 e. The lowest BCUT2D eigenvalue weighted by atomic mass is 9.94. The molecule has 2 atom stereocenters. The average Bonchev–Trinajstić information content (AvgIpc) is 2.62. The molecule has 1 aliphatic rings. The highest BCUT2D eigenvalue weighted by Crippen LogP contribution is 2.25. The van der Waals surface area contributed by atoms with Crippen molar-refractivity contribution < 1.29 is 9.53 Å². The molecule has 1 fully saturated rings. The second kappa shape index (κ2) is 4.89. The number of hydrogen-bond donors (Lipinski definition) is 0. The second-order valence-corrected chi connectivity index (χ2v) is 5.57. The summed E-state index contributed by atoms with van der Waals surface area (Å²) in [6, 6.07) is 0. The van der Waals surface area contributed by atoms with Gasteiger partial charge in [0, 0.05) is 13.1 Å². The van der Waals surface area contributed by atoms with Crippen LogP contribution in [0.5, 0.6) is 0 Å². The molecule has 1 aliphatic heterocycles. The lowest BCUT2D eigenvalue weighted by Gasteiger charge is -2.24. The van der Waals surface area contributed by atoms with Crippen molar-refractivity contribution in [2.45, 2.75) is 39.7 Å². The van der Waals surface area contributed by atoms with Crippen molar-refractivity contribution in [1.82, 2.24) is 4.90 Å². The van der Waals surface area contributed by atoms with E-state index in [4.69, 9.17) is 4.74 Å². The van der Waals surface area contributed by atoms with Crippen molar-refractivity contribution >= 4 is 6.09 Å². The molecule has 16 heavy (non-hydrogen) atoms. The molecule has 92 valence electrons. The maximum atomic E-state index is 11.8. The Morgan fingerprint density at radius 2 is 2.19 bits per heavy atom. The molecule has 1 amide bonds. The molecule has 0 bridgehead atoms. The molecule has 1 unspecified atom stereocenters. The Hall–Kier alpha value is -0.990. The molecule has 0 aromatic heterocycles. The van der Waals surface area contributed by atoms with Gasteiger partial charge < -0.3 is 9.64 Å². The Labute approximate surface area is 98.5 Å². The Kier molecular flexibility index (Phi) is 4.00. The van der Waals surface area contributed by atoms with Crippen LogP contribution in [-0.2, 0) is 4.74 Å². The van der Waals surface area contributed by atoms with E-state index in [0.29, 0.717) is 11.8 Å². The first-order valence-corrected chi connectivity index (χ1v) is 5.94. The van der Waals surface area contributed by atoms with Gasteiger partial charge in [-0.15, -0.1) is 6.58 Å². The Morgan fingerprint density at radius 1 is 1.56 bits per heavy atom. The van der Waals surface area contributed by atoms with Crippen LogP contribution >= 0.6 is 0 Å². The zero-order chi connectivity index (χ0) is 12.3. The van der Waals surface area contributed by atoms with Crippen LogP contribution in [0.3, 0.4) is 0 Å². The van der Waals surface area contributed by atoms with Gasteiger partial charge in [-0.25, -0.2) is 4.79 Å². The number of nitrogens with zero attached hydrogens (tertiary/aromatic N) is 1. The van der Waals surface area contributed by atoms with E-state index in [-0.39, 0.29) is 6.09 Å². The quantitative estimate of drug-likeness (QED) is 0.676. The predicted octanol–water partition coefficient (Wildman–Crippen LogP) is 3.07. The van der Waals surface area contributed by atoms with Gasteiger partial charge in [0.05, 0.1) is 0 Å². The first-order chi connectivity index (χ1) is 7.33. The minimum atomic E-state index is -0.404. The van der Waals surface area contributed by atoms with E-state index in [1.165, 1.54) is 0 Å². The molecule has 0 aliphatic carbocycles. The Morgan fingerprint density at radius 3 is 2.69 bits per heavy atom. The van der Waals surface area contributed by atoms with Gasteiger partial charge in [0.2, 0.25) is 0 Å². The van der Waals surface area contributed by atoms with Gasteiger partial charge in [-0.2, -0.15) is 0 Å². The third-order valence-corrected chi connectivity index (χ3v) is 2.99.